The van der Waals surface area contributed by atoms with Crippen molar-refractivity contribution in [3.05, 3.63) is 24.2 Å². The molecule has 22 heavy (non-hydrogen) atoms. The zero-order chi connectivity index (χ0) is 15.1. The Morgan fingerprint density at radius 3 is 2.95 bits per heavy atom. The molecule has 5 heteroatoms. The summed E-state index contributed by atoms with van der Waals surface area (Å²) >= 11 is 0. The third-order valence-corrected chi connectivity index (χ3v) is 5.57. The summed E-state index contributed by atoms with van der Waals surface area (Å²) in [6.45, 7) is 3.98. The van der Waals surface area contributed by atoms with Crippen LogP contribution in [0, 0.1) is 11.8 Å². The second kappa shape index (κ2) is 5.70. The number of nitrogens with one attached hydrogen (secondary N) is 1. The molecule has 0 bridgehead atoms. The molecule has 1 aromatic rings. The number of fused-ring (bicyclic) bond motifs is 1. The van der Waals surface area contributed by atoms with Gasteiger partial charge in [0.2, 0.25) is 5.91 Å². The van der Waals surface area contributed by atoms with Crippen molar-refractivity contribution in [2.45, 2.75) is 37.9 Å². The Hall–Kier alpha value is -1.33. The molecule has 3 atom stereocenters. The fourth-order valence-electron chi connectivity index (χ4n) is 4.07. The summed E-state index contributed by atoms with van der Waals surface area (Å²) in [5.74, 6) is 1.61. The van der Waals surface area contributed by atoms with Gasteiger partial charge in [-0.15, -0.1) is 0 Å². The van der Waals surface area contributed by atoms with E-state index in [-0.39, 0.29) is 11.9 Å². The lowest BCUT2D eigenvalue weighted by atomic mass is 10.0. The summed E-state index contributed by atoms with van der Waals surface area (Å²) in [4.78, 5) is 17.2. The van der Waals surface area contributed by atoms with Crippen LogP contribution in [0.3, 0.4) is 0 Å². The van der Waals surface area contributed by atoms with Crippen LogP contribution >= 0.6 is 0 Å². The number of furan rings is 1. The molecule has 3 aliphatic rings. The SMILES string of the molecule is CN1[C@H](C(=O)NCC2CC2)C[C@@H]2CN(Cc3ccoc3)C[C@@H]21. The zero-order valence-electron chi connectivity index (χ0n) is 13.2. The fourth-order valence-corrected chi connectivity index (χ4v) is 4.07. The smallest absolute Gasteiger partial charge is 0.237 e. The molecule has 1 saturated carbocycles. The van der Waals surface area contributed by atoms with Gasteiger partial charge < -0.3 is 9.73 Å². The number of carbonyl (C=O) groups excluding carboxylic acids is 1. The molecule has 0 radical (unpaired) electrons. The Balaban J connectivity index is 1.31. The summed E-state index contributed by atoms with van der Waals surface area (Å²) in [5.41, 5.74) is 1.24. The van der Waals surface area contributed by atoms with E-state index >= 15 is 0 Å². The van der Waals surface area contributed by atoms with Crippen LogP contribution in [-0.2, 0) is 11.3 Å². The Kier molecular flexibility index (Phi) is 3.70. The van der Waals surface area contributed by atoms with Crippen molar-refractivity contribution in [3.8, 4) is 0 Å². The molecule has 5 nitrogen and oxygen atoms in total. The first kappa shape index (κ1) is 14.3. The molecule has 1 N–H and O–H groups in total. The first-order valence-electron chi connectivity index (χ1n) is 8.44. The second-order valence-corrected chi connectivity index (χ2v) is 7.26. The molecule has 3 heterocycles. The molecule has 120 valence electrons. The summed E-state index contributed by atoms with van der Waals surface area (Å²) in [6.07, 6.45) is 7.13. The highest BCUT2D eigenvalue weighted by Crippen LogP contribution is 2.35. The third-order valence-electron chi connectivity index (χ3n) is 5.57. The van der Waals surface area contributed by atoms with Gasteiger partial charge >= 0.3 is 0 Å². The van der Waals surface area contributed by atoms with Crippen molar-refractivity contribution in [1.82, 2.24) is 15.1 Å². The highest BCUT2D eigenvalue weighted by molar-refractivity contribution is 5.82. The van der Waals surface area contributed by atoms with Gasteiger partial charge in [0.1, 0.15) is 0 Å². The van der Waals surface area contributed by atoms with Gasteiger partial charge in [-0.25, -0.2) is 0 Å². The van der Waals surface area contributed by atoms with Crippen LogP contribution in [0.1, 0.15) is 24.8 Å². The minimum Gasteiger partial charge on any atom is -0.472 e. The lowest BCUT2D eigenvalue weighted by Gasteiger charge is -2.26. The molecule has 4 rings (SSSR count). The maximum Gasteiger partial charge on any atom is 0.237 e. The number of hydrogen-bond acceptors (Lipinski definition) is 4. The quantitative estimate of drug-likeness (QED) is 0.891. The van der Waals surface area contributed by atoms with Crippen LogP contribution in [0.25, 0.3) is 0 Å². The highest BCUT2D eigenvalue weighted by atomic mass is 16.3. The summed E-state index contributed by atoms with van der Waals surface area (Å²) in [7, 11) is 2.12. The number of carbonyl (C=O) groups is 1. The number of rotatable bonds is 5. The molecule has 1 aliphatic carbocycles. The minimum absolute atomic E-state index is 0.0739. The standard InChI is InChI=1S/C17H25N3O2/c1-19-15(17(21)18-7-12-2-3-12)6-14-9-20(10-16(14)19)8-13-4-5-22-11-13/h4-5,11-12,14-16H,2-3,6-10H2,1H3,(H,18,21)/t14-,15+,16+/m1/s1. The average molecular weight is 303 g/mol. The molecule has 0 unspecified atom stereocenters. The van der Waals surface area contributed by atoms with E-state index in [0.717, 1.165) is 38.5 Å². The molecule has 2 saturated heterocycles. The molecular weight excluding hydrogens is 278 g/mol. The first-order valence-corrected chi connectivity index (χ1v) is 8.44. The minimum atomic E-state index is 0.0739. The maximum absolute atomic E-state index is 12.4. The van der Waals surface area contributed by atoms with Crippen LogP contribution in [0.15, 0.2) is 23.0 Å². The van der Waals surface area contributed by atoms with E-state index in [0.29, 0.717) is 12.0 Å². The highest BCUT2D eigenvalue weighted by Gasteiger charge is 2.47. The van der Waals surface area contributed by atoms with Gasteiger partial charge in [-0.2, -0.15) is 0 Å². The van der Waals surface area contributed by atoms with Crippen LogP contribution in [-0.4, -0.2) is 54.5 Å². The van der Waals surface area contributed by atoms with Crippen molar-refractivity contribution < 1.29 is 9.21 Å². The first-order chi connectivity index (χ1) is 10.7. The van der Waals surface area contributed by atoms with Crippen molar-refractivity contribution in [2.75, 3.05) is 26.7 Å². The lowest BCUT2D eigenvalue weighted by molar-refractivity contribution is -0.125. The number of amides is 1. The Morgan fingerprint density at radius 1 is 1.41 bits per heavy atom. The van der Waals surface area contributed by atoms with Crippen molar-refractivity contribution >= 4 is 5.91 Å². The van der Waals surface area contributed by atoms with Crippen LogP contribution < -0.4 is 5.32 Å². The molecular formula is C17H25N3O2. The monoisotopic (exact) mass is 303 g/mol. The predicted octanol–water partition coefficient (Wildman–Crippen LogP) is 1.31. The fraction of sp³-hybridized carbons (Fsp3) is 0.706. The van der Waals surface area contributed by atoms with Gasteiger partial charge in [0, 0.05) is 37.8 Å². The van der Waals surface area contributed by atoms with Gasteiger partial charge in [-0.1, -0.05) is 0 Å². The summed E-state index contributed by atoms with van der Waals surface area (Å²) < 4.78 is 5.15. The van der Waals surface area contributed by atoms with Gasteiger partial charge in [-0.3, -0.25) is 14.6 Å². The lowest BCUT2D eigenvalue weighted by Crippen LogP contribution is -2.46. The van der Waals surface area contributed by atoms with Gasteiger partial charge in [0.25, 0.3) is 0 Å². The van der Waals surface area contributed by atoms with Crippen LogP contribution in [0.2, 0.25) is 0 Å². The molecule has 2 aliphatic heterocycles. The Labute approximate surface area is 131 Å². The second-order valence-electron chi connectivity index (χ2n) is 7.26. The molecule has 3 fully saturated rings. The number of likely N-dealkylation sites (tertiary alicyclic amines) is 2. The van der Waals surface area contributed by atoms with Crippen molar-refractivity contribution in [3.63, 3.8) is 0 Å². The van der Waals surface area contributed by atoms with E-state index in [1.54, 1.807) is 6.26 Å². The van der Waals surface area contributed by atoms with Crippen LogP contribution in [0.4, 0.5) is 0 Å². The van der Waals surface area contributed by atoms with E-state index in [1.165, 1.54) is 18.4 Å². The molecule has 1 amide bonds. The van der Waals surface area contributed by atoms with E-state index in [4.69, 9.17) is 4.42 Å². The van der Waals surface area contributed by atoms with E-state index in [1.807, 2.05) is 12.3 Å². The van der Waals surface area contributed by atoms with Gasteiger partial charge in [-0.05, 0) is 44.2 Å². The van der Waals surface area contributed by atoms with E-state index in [9.17, 15) is 4.79 Å². The molecule has 1 aromatic heterocycles. The molecule has 0 spiro atoms. The third kappa shape index (κ3) is 2.79. The van der Waals surface area contributed by atoms with Gasteiger partial charge in [0.05, 0.1) is 18.6 Å². The predicted molar refractivity (Wildman–Crippen MR) is 83.2 cm³/mol. The number of nitrogens with zero attached hydrogens (tertiary/aromatic N) is 2. The zero-order valence-corrected chi connectivity index (χ0v) is 13.2. The number of hydrogen-bond donors (Lipinski definition) is 1. The van der Waals surface area contributed by atoms with Gasteiger partial charge in [0.15, 0.2) is 0 Å². The summed E-state index contributed by atoms with van der Waals surface area (Å²) in [5, 5.41) is 3.15. The Bertz CT molecular complexity index is 526. The van der Waals surface area contributed by atoms with Crippen molar-refractivity contribution in [2.24, 2.45) is 11.8 Å². The Morgan fingerprint density at radius 2 is 2.27 bits per heavy atom. The summed E-state index contributed by atoms with van der Waals surface area (Å²) in [6, 6.07) is 2.62. The average Bonchev–Trinajstić information content (AvgIpc) is 2.90. The number of likely N-dealkylation sites (N-methyl/N-ethyl adjacent to an activating group) is 1. The van der Waals surface area contributed by atoms with E-state index < -0.39 is 0 Å². The molecule has 0 aromatic carbocycles. The van der Waals surface area contributed by atoms with Crippen molar-refractivity contribution in [1.29, 1.82) is 0 Å². The van der Waals surface area contributed by atoms with Crippen LogP contribution in [0.5, 0.6) is 0 Å². The topological polar surface area (TPSA) is 48.7 Å². The largest absolute Gasteiger partial charge is 0.472 e. The normalized spacial score (nSPS) is 32.3. The maximum atomic E-state index is 12.4. The van der Waals surface area contributed by atoms with E-state index in [2.05, 4.69) is 22.2 Å².